The summed E-state index contributed by atoms with van der Waals surface area (Å²) in [7, 11) is 0. The van der Waals surface area contributed by atoms with Crippen LogP contribution in [0.2, 0.25) is 15.1 Å². The zero-order chi connectivity index (χ0) is 14.0. The molecule has 0 aliphatic carbocycles. The van der Waals surface area contributed by atoms with Crippen LogP contribution in [0, 0.1) is 5.82 Å². The molecule has 0 saturated carbocycles. The van der Waals surface area contributed by atoms with Crippen molar-refractivity contribution in [3.8, 4) is 0 Å². The summed E-state index contributed by atoms with van der Waals surface area (Å²) < 4.78 is 13.7. The van der Waals surface area contributed by atoms with Crippen molar-refractivity contribution in [2.75, 3.05) is 5.32 Å². The van der Waals surface area contributed by atoms with Crippen molar-refractivity contribution >= 4 is 56.4 Å². The minimum absolute atomic E-state index is 0.293. The van der Waals surface area contributed by atoms with E-state index in [9.17, 15) is 4.39 Å². The van der Waals surface area contributed by atoms with E-state index in [4.69, 9.17) is 34.8 Å². The van der Waals surface area contributed by atoms with Gasteiger partial charge < -0.3 is 5.32 Å². The molecule has 0 radical (unpaired) electrons. The Morgan fingerprint density at radius 3 is 2.26 bits per heavy atom. The van der Waals surface area contributed by atoms with Crippen LogP contribution in [-0.4, -0.2) is 0 Å². The molecule has 0 unspecified atom stereocenters. The monoisotopic (exact) mass is 381 g/mol. The van der Waals surface area contributed by atoms with E-state index in [1.165, 1.54) is 12.1 Å². The van der Waals surface area contributed by atoms with Crippen molar-refractivity contribution in [1.29, 1.82) is 0 Å². The summed E-state index contributed by atoms with van der Waals surface area (Å²) in [6.45, 7) is 0.460. The molecule has 0 aliphatic rings. The van der Waals surface area contributed by atoms with Gasteiger partial charge in [0.05, 0.1) is 15.7 Å². The molecule has 0 saturated heterocycles. The summed E-state index contributed by atoms with van der Waals surface area (Å²) in [5.41, 5.74) is 1.49. The van der Waals surface area contributed by atoms with Crippen molar-refractivity contribution in [2.24, 2.45) is 0 Å². The second-order valence-corrected chi connectivity index (χ2v) is 5.94. The smallest absolute Gasteiger partial charge is 0.124 e. The van der Waals surface area contributed by atoms with Gasteiger partial charge in [-0.2, -0.15) is 0 Å². The topological polar surface area (TPSA) is 12.0 Å². The number of hydrogen-bond acceptors (Lipinski definition) is 1. The summed E-state index contributed by atoms with van der Waals surface area (Å²) in [6, 6.07) is 7.70. The van der Waals surface area contributed by atoms with Crippen LogP contribution in [0.3, 0.4) is 0 Å². The van der Waals surface area contributed by atoms with Gasteiger partial charge in [-0.3, -0.25) is 0 Å². The van der Waals surface area contributed by atoms with E-state index in [0.29, 0.717) is 31.8 Å². The van der Waals surface area contributed by atoms with E-state index < -0.39 is 0 Å². The van der Waals surface area contributed by atoms with E-state index in [-0.39, 0.29) is 5.82 Å². The second kappa shape index (κ2) is 6.31. The lowest BCUT2D eigenvalue weighted by atomic mass is 10.2. The Bertz CT molecular complexity index is 596. The Hall–Kier alpha value is -0.480. The minimum atomic E-state index is -0.293. The third kappa shape index (κ3) is 3.76. The highest BCUT2D eigenvalue weighted by molar-refractivity contribution is 9.10. The van der Waals surface area contributed by atoms with Gasteiger partial charge in [-0.05, 0) is 29.8 Å². The lowest BCUT2D eigenvalue weighted by Crippen LogP contribution is -2.01. The number of rotatable bonds is 3. The summed E-state index contributed by atoms with van der Waals surface area (Å²) in [5, 5.41) is 4.47. The van der Waals surface area contributed by atoms with Gasteiger partial charge in [0, 0.05) is 16.0 Å². The normalized spacial score (nSPS) is 10.6. The van der Waals surface area contributed by atoms with Crippen molar-refractivity contribution < 1.29 is 4.39 Å². The molecule has 0 fully saturated rings. The van der Waals surface area contributed by atoms with Gasteiger partial charge in [-0.25, -0.2) is 4.39 Å². The summed E-state index contributed by atoms with van der Waals surface area (Å²) in [5.74, 6) is -0.293. The van der Waals surface area contributed by atoms with Crippen LogP contribution in [0.1, 0.15) is 5.56 Å². The van der Waals surface area contributed by atoms with Gasteiger partial charge in [0.25, 0.3) is 0 Å². The van der Waals surface area contributed by atoms with Gasteiger partial charge in [-0.15, -0.1) is 0 Å². The van der Waals surface area contributed by atoms with Gasteiger partial charge in [0.15, 0.2) is 0 Å². The van der Waals surface area contributed by atoms with Crippen molar-refractivity contribution in [2.45, 2.75) is 6.54 Å². The molecule has 2 aromatic carbocycles. The number of nitrogens with one attached hydrogen (secondary N) is 1. The number of anilines is 1. The molecule has 19 heavy (non-hydrogen) atoms. The summed E-state index contributed by atoms with van der Waals surface area (Å²) in [4.78, 5) is 0. The molecule has 0 bridgehead atoms. The molecule has 0 aromatic heterocycles. The lowest BCUT2D eigenvalue weighted by Gasteiger charge is -2.12. The number of hydrogen-bond donors (Lipinski definition) is 1. The fourth-order valence-electron chi connectivity index (χ4n) is 1.56. The third-order valence-corrected chi connectivity index (χ3v) is 4.03. The number of benzene rings is 2. The van der Waals surface area contributed by atoms with E-state index >= 15 is 0 Å². The average Bonchev–Trinajstić information content (AvgIpc) is 2.30. The SMILES string of the molecule is Fc1ccc(CNc2c(Cl)cc(Cl)cc2Cl)c(Br)c1. The first kappa shape index (κ1) is 14.9. The maximum Gasteiger partial charge on any atom is 0.124 e. The van der Waals surface area contributed by atoms with Crippen molar-refractivity contribution in [3.05, 3.63) is 61.3 Å². The van der Waals surface area contributed by atoms with Crippen LogP contribution in [-0.2, 0) is 6.54 Å². The van der Waals surface area contributed by atoms with Crippen LogP contribution in [0.25, 0.3) is 0 Å². The first-order valence-corrected chi connectivity index (χ1v) is 7.22. The van der Waals surface area contributed by atoms with Crippen LogP contribution >= 0.6 is 50.7 Å². The number of halogens is 5. The maximum atomic E-state index is 13.0. The Balaban J connectivity index is 2.19. The fraction of sp³-hybridized carbons (Fsp3) is 0.0769. The first-order valence-electron chi connectivity index (χ1n) is 5.29. The van der Waals surface area contributed by atoms with E-state index in [1.807, 2.05) is 0 Å². The first-order chi connectivity index (χ1) is 8.97. The Morgan fingerprint density at radius 1 is 1.05 bits per heavy atom. The van der Waals surface area contributed by atoms with Crippen molar-refractivity contribution in [3.63, 3.8) is 0 Å². The quantitative estimate of drug-likeness (QED) is 0.669. The molecular weight excluding hydrogens is 375 g/mol. The molecule has 1 nitrogen and oxygen atoms in total. The molecule has 0 aliphatic heterocycles. The maximum absolute atomic E-state index is 13.0. The molecule has 100 valence electrons. The largest absolute Gasteiger partial charge is 0.379 e. The third-order valence-electron chi connectivity index (χ3n) is 2.48. The Morgan fingerprint density at radius 2 is 1.68 bits per heavy atom. The molecule has 2 aromatic rings. The minimum Gasteiger partial charge on any atom is -0.379 e. The standard InChI is InChI=1S/C13H8BrCl3FN/c14-10-5-9(18)2-1-7(10)6-19-13-11(16)3-8(15)4-12(13)17/h1-5,19H,6H2. The van der Waals surface area contributed by atoms with Crippen LogP contribution < -0.4 is 5.32 Å². The van der Waals surface area contributed by atoms with Crippen LogP contribution in [0.4, 0.5) is 10.1 Å². The molecule has 0 amide bonds. The zero-order valence-electron chi connectivity index (χ0n) is 9.48. The van der Waals surface area contributed by atoms with Crippen molar-refractivity contribution in [1.82, 2.24) is 0 Å². The van der Waals surface area contributed by atoms with Gasteiger partial charge in [0.2, 0.25) is 0 Å². The van der Waals surface area contributed by atoms with E-state index in [2.05, 4.69) is 21.2 Å². The molecule has 6 heteroatoms. The Kier molecular flexibility index (Phi) is 4.96. The highest BCUT2D eigenvalue weighted by atomic mass is 79.9. The molecule has 2 rings (SSSR count). The van der Waals surface area contributed by atoms with Crippen LogP contribution in [0.15, 0.2) is 34.8 Å². The van der Waals surface area contributed by atoms with Gasteiger partial charge in [-0.1, -0.05) is 56.8 Å². The zero-order valence-corrected chi connectivity index (χ0v) is 13.3. The predicted molar refractivity (Wildman–Crippen MR) is 82.9 cm³/mol. The van der Waals surface area contributed by atoms with Gasteiger partial charge in [0.1, 0.15) is 5.82 Å². The van der Waals surface area contributed by atoms with E-state index in [0.717, 1.165) is 5.56 Å². The lowest BCUT2D eigenvalue weighted by molar-refractivity contribution is 0.626. The second-order valence-electron chi connectivity index (χ2n) is 3.83. The van der Waals surface area contributed by atoms with Crippen LogP contribution in [0.5, 0.6) is 0 Å². The fourth-order valence-corrected chi connectivity index (χ4v) is 3.00. The highest BCUT2D eigenvalue weighted by Gasteiger charge is 2.08. The predicted octanol–water partition coefficient (Wildman–Crippen LogP) is 6.16. The Labute approximate surface area is 133 Å². The molecular formula is C13H8BrCl3FN. The summed E-state index contributed by atoms with van der Waals surface area (Å²) >= 11 is 21.3. The molecule has 0 atom stereocenters. The summed E-state index contributed by atoms with van der Waals surface area (Å²) in [6.07, 6.45) is 0. The molecule has 1 N–H and O–H groups in total. The molecule has 0 heterocycles. The van der Waals surface area contributed by atoms with Gasteiger partial charge >= 0.3 is 0 Å². The molecule has 0 spiro atoms. The average molecular weight is 383 g/mol. The highest BCUT2D eigenvalue weighted by Crippen LogP contribution is 2.34. The van der Waals surface area contributed by atoms with E-state index in [1.54, 1.807) is 18.2 Å².